The highest BCUT2D eigenvalue weighted by atomic mass is 16.5. The van der Waals surface area contributed by atoms with Crippen LogP contribution in [0.2, 0.25) is 0 Å². The van der Waals surface area contributed by atoms with Crippen LogP contribution in [0.3, 0.4) is 0 Å². The van der Waals surface area contributed by atoms with Crippen LogP contribution in [0.15, 0.2) is 0 Å². The van der Waals surface area contributed by atoms with Crippen LogP contribution in [0.1, 0.15) is 32.6 Å². The van der Waals surface area contributed by atoms with Gasteiger partial charge in [0.1, 0.15) is 6.04 Å². The average Bonchev–Trinajstić information content (AvgIpc) is 2.66. The summed E-state index contributed by atoms with van der Waals surface area (Å²) in [6, 6.07) is -0.460. The fourth-order valence-corrected chi connectivity index (χ4v) is 3.23. The smallest absolute Gasteiger partial charge is 0.328 e. The van der Waals surface area contributed by atoms with E-state index in [1.54, 1.807) is 4.90 Å². The Morgan fingerprint density at radius 1 is 1.29 bits per heavy atom. The molecular formula is C12H19NO4. The molecule has 2 fully saturated rings. The van der Waals surface area contributed by atoms with E-state index in [0.29, 0.717) is 18.8 Å². The minimum Gasteiger partial charge on any atom is -0.467 e. The van der Waals surface area contributed by atoms with Gasteiger partial charge in [0, 0.05) is 13.0 Å². The number of fused-ring (bicyclic) bond motifs is 1. The first-order chi connectivity index (χ1) is 8.04. The molecule has 1 heterocycles. The molecule has 1 aliphatic heterocycles. The molecule has 5 nitrogen and oxygen atoms in total. The molecule has 2 aliphatic rings. The fourth-order valence-electron chi connectivity index (χ4n) is 3.23. The van der Waals surface area contributed by atoms with Crippen LogP contribution in [-0.4, -0.2) is 47.2 Å². The Kier molecular flexibility index (Phi) is 3.38. The van der Waals surface area contributed by atoms with Gasteiger partial charge in [-0.05, 0) is 31.6 Å². The molecule has 1 aliphatic carbocycles. The van der Waals surface area contributed by atoms with Crippen LogP contribution in [0.25, 0.3) is 0 Å². The van der Waals surface area contributed by atoms with E-state index in [4.69, 9.17) is 4.74 Å². The Morgan fingerprint density at radius 2 is 2.00 bits per heavy atom. The summed E-state index contributed by atoms with van der Waals surface area (Å²) in [7, 11) is 1.34. The average molecular weight is 241 g/mol. The van der Waals surface area contributed by atoms with Crippen LogP contribution in [0.4, 0.5) is 0 Å². The van der Waals surface area contributed by atoms with E-state index in [1.807, 2.05) is 0 Å². The third-order valence-corrected chi connectivity index (χ3v) is 3.98. The lowest BCUT2D eigenvalue weighted by Crippen LogP contribution is -2.47. The van der Waals surface area contributed by atoms with Gasteiger partial charge in [-0.3, -0.25) is 4.79 Å². The number of likely N-dealkylation sites (tertiary alicyclic amines) is 1. The highest BCUT2D eigenvalue weighted by Gasteiger charge is 2.48. The van der Waals surface area contributed by atoms with Gasteiger partial charge in [-0.15, -0.1) is 0 Å². The van der Waals surface area contributed by atoms with Crippen molar-refractivity contribution in [1.82, 2.24) is 4.90 Å². The van der Waals surface area contributed by atoms with Gasteiger partial charge >= 0.3 is 5.97 Å². The Bertz CT molecular complexity index is 330. The molecule has 0 aromatic carbocycles. The van der Waals surface area contributed by atoms with Gasteiger partial charge < -0.3 is 14.7 Å². The summed E-state index contributed by atoms with van der Waals surface area (Å²) in [5.41, 5.74) is 0. The number of aliphatic hydroxyl groups is 1. The lowest BCUT2D eigenvalue weighted by Gasteiger charge is -2.34. The Hall–Kier alpha value is -1.10. The summed E-state index contributed by atoms with van der Waals surface area (Å²) in [6.07, 6.45) is 2.54. The molecule has 0 bridgehead atoms. The molecule has 0 unspecified atom stereocenters. The lowest BCUT2D eigenvalue weighted by molar-refractivity contribution is -0.152. The van der Waals surface area contributed by atoms with E-state index in [9.17, 15) is 14.7 Å². The lowest BCUT2D eigenvalue weighted by atomic mass is 9.83. The predicted octanol–water partition coefficient (Wildman–Crippen LogP) is 0.310. The number of aliphatic hydroxyl groups excluding tert-OH is 1. The first-order valence-corrected chi connectivity index (χ1v) is 6.09. The van der Waals surface area contributed by atoms with Gasteiger partial charge in [-0.2, -0.15) is 0 Å². The maximum Gasteiger partial charge on any atom is 0.328 e. The molecule has 0 radical (unpaired) electrons. The molecule has 0 aromatic heterocycles. The van der Waals surface area contributed by atoms with Crippen molar-refractivity contribution in [3.05, 3.63) is 0 Å². The van der Waals surface area contributed by atoms with E-state index in [0.717, 1.165) is 12.8 Å². The molecule has 1 saturated carbocycles. The minimum absolute atomic E-state index is 0.000324. The first-order valence-electron chi connectivity index (χ1n) is 6.09. The number of esters is 1. The second-order valence-electron chi connectivity index (χ2n) is 5.00. The quantitative estimate of drug-likeness (QED) is 0.671. The van der Waals surface area contributed by atoms with Crippen LogP contribution < -0.4 is 0 Å². The Morgan fingerprint density at radius 3 is 2.59 bits per heavy atom. The van der Waals surface area contributed by atoms with E-state index in [-0.39, 0.29) is 24.0 Å². The molecule has 0 aromatic rings. The summed E-state index contributed by atoms with van der Waals surface area (Å²) in [6.45, 7) is 1.47. The Balaban J connectivity index is 2.20. The van der Waals surface area contributed by atoms with Gasteiger partial charge in [0.25, 0.3) is 0 Å². The third kappa shape index (κ3) is 2.16. The molecule has 17 heavy (non-hydrogen) atoms. The van der Waals surface area contributed by atoms with Crippen molar-refractivity contribution >= 4 is 11.9 Å². The number of hydrogen-bond acceptors (Lipinski definition) is 4. The highest BCUT2D eigenvalue weighted by molar-refractivity contribution is 5.84. The first kappa shape index (κ1) is 12.4. The number of ether oxygens (including phenoxy) is 1. The van der Waals surface area contributed by atoms with Gasteiger partial charge in [-0.25, -0.2) is 4.79 Å². The third-order valence-electron chi connectivity index (χ3n) is 3.98. The van der Waals surface area contributed by atoms with Gasteiger partial charge in [0.15, 0.2) is 0 Å². The largest absolute Gasteiger partial charge is 0.467 e. The second-order valence-corrected chi connectivity index (χ2v) is 5.00. The normalized spacial score (nSPS) is 36.5. The summed E-state index contributed by atoms with van der Waals surface area (Å²) >= 11 is 0. The molecule has 1 saturated heterocycles. The van der Waals surface area contributed by atoms with Crippen molar-refractivity contribution in [2.45, 2.75) is 50.8 Å². The van der Waals surface area contributed by atoms with Crippen LogP contribution in [-0.2, 0) is 14.3 Å². The summed E-state index contributed by atoms with van der Waals surface area (Å²) < 4.78 is 4.75. The monoisotopic (exact) mass is 241 g/mol. The van der Waals surface area contributed by atoms with Crippen molar-refractivity contribution in [3.8, 4) is 0 Å². The van der Waals surface area contributed by atoms with Crippen molar-refractivity contribution in [3.63, 3.8) is 0 Å². The number of amides is 1. The SMILES string of the molecule is COC(=O)[C@@H]1C[C@H]2CC[C@H](O)C[C@H]2N1C(C)=O. The van der Waals surface area contributed by atoms with E-state index in [2.05, 4.69) is 0 Å². The molecule has 96 valence electrons. The van der Waals surface area contributed by atoms with Crippen LogP contribution in [0, 0.1) is 5.92 Å². The predicted molar refractivity (Wildman–Crippen MR) is 60.1 cm³/mol. The molecule has 5 heteroatoms. The molecule has 1 amide bonds. The van der Waals surface area contributed by atoms with Crippen molar-refractivity contribution < 1.29 is 19.4 Å². The van der Waals surface area contributed by atoms with Crippen molar-refractivity contribution in [2.24, 2.45) is 5.92 Å². The second kappa shape index (κ2) is 4.64. The van der Waals surface area contributed by atoms with Crippen LogP contribution in [0.5, 0.6) is 0 Å². The van der Waals surface area contributed by atoms with E-state index >= 15 is 0 Å². The zero-order valence-corrected chi connectivity index (χ0v) is 10.3. The highest BCUT2D eigenvalue weighted by Crippen LogP contribution is 2.40. The van der Waals surface area contributed by atoms with E-state index < -0.39 is 6.04 Å². The van der Waals surface area contributed by atoms with Crippen molar-refractivity contribution in [2.75, 3.05) is 7.11 Å². The Labute approximate surface area is 101 Å². The number of rotatable bonds is 1. The summed E-state index contributed by atoms with van der Waals surface area (Å²) in [5.74, 6) is -0.127. The molecule has 1 N–H and O–H groups in total. The minimum atomic E-state index is -0.460. The standard InChI is InChI=1S/C12H19NO4/c1-7(14)13-10-6-9(15)4-3-8(10)5-11(13)12(16)17-2/h8-11,15H,3-6H2,1-2H3/t8-,9+,10-,11+/m1/s1. The number of carbonyl (C=O) groups excluding carboxylic acids is 2. The van der Waals surface area contributed by atoms with E-state index in [1.165, 1.54) is 14.0 Å². The molecule has 2 rings (SSSR count). The molecule has 0 spiro atoms. The zero-order valence-electron chi connectivity index (χ0n) is 10.3. The van der Waals surface area contributed by atoms with Gasteiger partial charge in [-0.1, -0.05) is 0 Å². The van der Waals surface area contributed by atoms with Gasteiger partial charge in [0.05, 0.1) is 13.2 Å². The zero-order chi connectivity index (χ0) is 12.6. The number of nitrogens with zero attached hydrogens (tertiary/aromatic N) is 1. The topological polar surface area (TPSA) is 66.8 Å². The fraction of sp³-hybridized carbons (Fsp3) is 0.833. The number of carbonyl (C=O) groups is 2. The number of hydrogen-bond donors (Lipinski definition) is 1. The summed E-state index contributed by atoms with van der Waals surface area (Å²) in [5, 5.41) is 9.68. The maximum atomic E-state index is 11.7. The van der Waals surface area contributed by atoms with Gasteiger partial charge in [0.2, 0.25) is 5.91 Å². The molecule has 4 atom stereocenters. The van der Waals surface area contributed by atoms with Crippen molar-refractivity contribution in [1.29, 1.82) is 0 Å². The summed E-state index contributed by atoms with van der Waals surface area (Å²) in [4.78, 5) is 25.0. The number of methoxy groups -OCH3 is 1. The maximum absolute atomic E-state index is 11.7. The van der Waals surface area contributed by atoms with Crippen LogP contribution >= 0.6 is 0 Å². The molecular weight excluding hydrogens is 222 g/mol.